The fourth-order valence-corrected chi connectivity index (χ4v) is 4.52. The molecule has 1 aliphatic carbocycles. The number of nitrogens with zero attached hydrogens (tertiary/aromatic N) is 4. The molecule has 1 aliphatic heterocycles. The summed E-state index contributed by atoms with van der Waals surface area (Å²) < 4.78 is 47.3. The molecule has 3 aromatic rings. The van der Waals surface area contributed by atoms with E-state index in [0.717, 1.165) is 25.5 Å². The molecule has 206 valence electrons. The van der Waals surface area contributed by atoms with Gasteiger partial charge in [-0.05, 0) is 37.0 Å². The summed E-state index contributed by atoms with van der Waals surface area (Å²) in [5.41, 5.74) is 5.84. The standard InChI is InChI=1S/C17H13F3N6O.C9H15NO2/c1-22-16-14(15(21)27)11(24-25-16)4-2-8-9-7-23-26(13-6-17(13,19)20)12(9)5-3-10(8)18;1-3-9(11)10-6-4-5-8(10)7-12-2/h3,5,7,13H,6H2,1H3,(H2,21,27)(H2,22,24,25);3,8H,1,4-7H2,2H3. The lowest BCUT2D eigenvalue weighted by molar-refractivity contribution is -0.127. The average Bonchev–Trinajstić information content (AvgIpc) is 3.37. The van der Waals surface area contributed by atoms with Crippen LogP contribution < -0.4 is 11.1 Å². The second-order valence-corrected chi connectivity index (χ2v) is 9.10. The van der Waals surface area contributed by atoms with Crippen molar-refractivity contribution in [2.45, 2.75) is 37.3 Å². The predicted molar refractivity (Wildman–Crippen MR) is 138 cm³/mol. The van der Waals surface area contributed by atoms with Crippen molar-refractivity contribution in [1.29, 1.82) is 0 Å². The van der Waals surface area contributed by atoms with Gasteiger partial charge in [0.05, 0.1) is 29.9 Å². The van der Waals surface area contributed by atoms with Gasteiger partial charge in [0.15, 0.2) is 5.82 Å². The minimum atomic E-state index is -2.81. The molecule has 39 heavy (non-hydrogen) atoms. The number of halogens is 3. The Morgan fingerprint density at radius 3 is 2.74 bits per heavy atom. The molecule has 1 saturated carbocycles. The topological polar surface area (TPSA) is 131 Å². The Morgan fingerprint density at radius 1 is 1.38 bits per heavy atom. The number of hydrogen-bond donors (Lipinski definition) is 3. The van der Waals surface area contributed by atoms with E-state index in [-0.39, 0.29) is 41.0 Å². The minimum Gasteiger partial charge on any atom is -0.383 e. The normalized spacial score (nSPS) is 19.1. The summed E-state index contributed by atoms with van der Waals surface area (Å²) in [4.78, 5) is 24.7. The van der Waals surface area contributed by atoms with Gasteiger partial charge in [0.2, 0.25) is 5.91 Å². The van der Waals surface area contributed by atoms with E-state index in [9.17, 15) is 22.8 Å². The van der Waals surface area contributed by atoms with Crippen molar-refractivity contribution in [3.63, 3.8) is 0 Å². The Balaban J connectivity index is 0.000000247. The van der Waals surface area contributed by atoms with Crippen molar-refractivity contribution in [2.75, 3.05) is 32.6 Å². The molecule has 4 N–H and O–H groups in total. The number of carbonyl (C=O) groups excluding carboxylic acids is 2. The van der Waals surface area contributed by atoms with Crippen molar-refractivity contribution in [2.24, 2.45) is 5.73 Å². The number of hydrogen-bond acceptors (Lipinski definition) is 6. The number of nitrogens with one attached hydrogen (secondary N) is 2. The third-order valence-electron chi connectivity index (χ3n) is 6.57. The lowest BCUT2D eigenvalue weighted by Gasteiger charge is -2.22. The highest BCUT2D eigenvalue weighted by molar-refractivity contribution is 6.00. The molecule has 2 aromatic heterocycles. The van der Waals surface area contributed by atoms with Gasteiger partial charge in [0.25, 0.3) is 11.8 Å². The van der Waals surface area contributed by atoms with Crippen LogP contribution in [0, 0.1) is 17.7 Å². The van der Waals surface area contributed by atoms with E-state index in [2.05, 4.69) is 39.0 Å². The summed E-state index contributed by atoms with van der Waals surface area (Å²) in [6.45, 7) is 4.95. The first-order chi connectivity index (χ1) is 18.6. The molecule has 3 heterocycles. The minimum absolute atomic E-state index is 0.0151. The Kier molecular flexibility index (Phi) is 7.96. The van der Waals surface area contributed by atoms with Crippen molar-refractivity contribution >= 4 is 28.5 Å². The molecule has 0 radical (unpaired) electrons. The third-order valence-corrected chi connectivity index (χ3v) is 6.57. The van der Waals surface area contributed by atoms with E-state index in [1.54, 1.807) is 14.2 Å². The predicted octanol–water partition coefficient (Wildman–Crippen LogP) is 2.83. The summed E-state index contributed by atoms with van der Waals surface area (Å²) in [6, 6.07) is 1.77. The molecule has 1 aromatic carbocycles. The second kappa shape index (κ2) is 11.2. The van der Waals surface area contributed by atoms with Crippen molar-refractivity contribution < 1.29 is 27.5 Å². The zero-order valence-electron chi connectivity index (χ0n) is 21.4. The SMILES string of the molecule is C=CC(=O)N1CCCC1COC.CNc1n[nH]c(C#Cc2c(F)ccc3c2cnn3C2CC2(F)F)c1C(N)=O. The fourth-order valence-electron chi connectivity index (χ4n) is 4.52. The van der Waals surface area contributed by atoms with Gasteiger partial charge in [-0.15, -0.1) is 0 Å². The zero-order chi connectivity index (χ0) is 28.3. The van der Waals surface area contributed by atoms with Crippen LogP contribution in [0.15, 0.2) is 31.0 Å². The van der Waals surface area contributed by atoms with Crippen LogP contribution in [0.1, 0.15) is 46.9 Å². The highest BCUT2D eigenvalue weighted by Gasteiger charge is 2.59. The summed E-state index contributed by atoms with van der Waals surface area (Å²) in [7, 11) is 3.22. The first-order valence-corrected chi connectivity index (χ1v) is 12.2. The molecule has 0 bridgehead atoms. The summed E-state index contributed by atoms with van der Waals surface area (Å²) in [5.74, 6) is 1.31. The highest BCUT2D eigenvalue weighted by Crippen LogP contribution is 2.53. The molecular weight excluding hydrogens is 515 g/mol. The van der Waals surface area contributed by atoms with Crippen LogP contribution in [-0.2, 0) is 9.53 Å². The van der Waals surface area contributed by atoms with Crippen LogP contribution in [0.3, 0.4) is 0 Å². The van der Waals surface area contributed by atoms with Gasteiger partial charge in [-0.25, -0.2) is 13.2 Å². The molecular formula is C26H28F3N7O3. The maximum atomic E-state index is 14.3. The van der Waals surface area contributed by atoms with Crippen LogP contribution in [0.25, 0.3) is 10.9 Å². The Bertz CT molecular complexity index is 1470. The number of ether oxygens (including phenoxy) is 1. The number of amides is 2. The molecule has 2 aliphatic rings. The van der Waals surface area contributed by atoms with Crippen LogP contribution in [0.4, 0.5) is 19.0 Å². The molecule has 13 heteroatoms. The van der Waals surface area contributed by atoms with Crippen LogP contribution in [0.5, 0.6) is 0 Å². The fraction of sp³-hybridized carbons (Fsp3) is 0.385. The first-order valence-electron chi connectivity index (χ1n) is 12.2. The second-order valence-electron chi connectivity index (χ2n) is 9.10. The summed E-state index contributed by atoms with van der Waals surface area (Å²) in [5, 5.41) is 13.4. The van der Waals surface area contributed by atoms with E-state index in [1.807, 2.05) is 4.90 Å². The number of anilines is 1. The average molecular weight is 544 g/mol. The van der Waals surface area contributed by atoms with Gasteiger partial charge in [-0.3, -0.25) is 19.4 Å². The van der Waals surface area contributed by atoms with E-state index >= 15 is 0 Å². The summed E-state index contributed by atoms with van der Waals surface area (Å²) >= 11 is 0. The lowest BCUT2D eigenvalue weighted by Crippen LogP contribution is -2.36. The number of fused-ring (bicyclic) bond motifs is 1. The van der Waals surface area contributed by atoms with Gasteiger partial charge >= 0.3 is 0 Å². The van der Waals surface area contributed by atoms with Crippen molar-refractivity contribution in [3.8, 4) is 11.8 Å². The number of aromatic nitrogens is 4. The third kappa shape index (κ3) is 5.61. The molecule has 2 amide bonds. The number of benzene rings is 1. The molecule has 1 saturated heterocycles. The molecule has 0 spiro atoms. The number of primary amides is 1. The van der Waals surface area contributed by atoms with Gasteiger partial charge in [0, 0.05) is 32.5 Å². The van der Waals surface area contributed by atoms with E-state index in [0.29, 0.717) is 17.5 Å². The summed E-state index contributed by atoms with van der Waals surface area (Å²) in [6.07, 6.45) is 4.50. The Morgan fingerprint density at radius 2 is 2.13 bits per heavy atom. The van der Waals surface area contributed by atoms with Gasteiger partial charge in [0.1, 0.15) is 23.1 Å². The number of aromatic amines is 1. The van der Waals surface area contributed by atoms with Crippen LogP contribution in [0.2, 0.25) is 0 Å². The monoisotopic (exact) mass is 543 g/mol. The number of methoxy groups -OCH3 is 1. The molecule has 2 atom stereocenters. The largest absolute Gasteiger partial charge is 0.383 e. The van der Waals surface area contributed by atoms with Gasteiger partial charge in [-0.1, -0.05) is 12.5 Å². The molecule has 5 rings (SSSR count). The number of carbonyl (C=O) groups is 2. The number of nitrogens with two attached hydrogens (primary N) is 1. The number of likely N-dealkylation sites (tertiary alicyclic amines) is 1. The first kappa shape index (κ1) is 27.7. The highest BCUT2D eigenvalue weighted by atomic mass is 19.3. The molecule has 2 fully saturated rings. The smallest absolute Gasteiger partial charge is 0.272 e. The lowest BCUT2D eigenvalue weighted by atomic mass is 10.1. The Hall–Kier alpha value is -4.31. The van der Waals surface area contributed by atoms with Crippen molar-refractivity contribution in [3.05, 3.63) is 53.6 Å². The number of H-pyrrole nitrogens is 1. The van der Waals surface area contributed by atoms with Crippen LogP contribution >= 0.6 is 0 Å². The quantitative estimate of drug-likeness (QED) is 0.324. The van der Waals surface area contributed by atoms with Crippen LogP contribution in [-0.4, -0.2) is 76.0 Å². The van der Waals surface area contributed by atoms with E-state index in [4.69, 9.17) is 10.5 Å². The zero-order valence-corrected chi connectivity index (χ0v) is 21.4. The maximum Gasteiger partial charge on any atom is 0.272 e. The van der Waals surface area contributed by atoms with Crippen molar-refractivity contribution in [1.82, 2.24) is 24.9 Å². The molecule has 2 unspecified atom stereocenters. The Labute approximate surface area is 222 Å². The molecule has 10 nitrogen and oxygen atoms in total. The number of alkyl halides is 2. The van der Waals surface area contributed by atoms with E-state index < -0.39 is 23.7 Å². The van der Waals surface area contributed by atoms with E-state index in [1.165, 1.54) is 23.0 Å². The number of rotatable bonds is 6. The van der Waals surface area contributed by atoms with Gasteiger partial charge in [-0.2, -0.15) is 10.2 Å². The van der Waals surface area contributed by atoms with Gasteiger partial charge < -0.3 is 20.7 Å². The maximum absolute atomic E-state index is 14.3.